The summed E-state index contributed by atoms with van der Waals surface area (Å²) in [6, 6.07) is 39.5. The van der Waals surface area contributed by atoms with E-state index < -0.39 is 0 Å². The number of aromatic nitrogens is 2. The summed E-state index contributed by atoms with van der Waals surface area (Å²) >= 11 is 0. The highest BCUT2D eigenvalue weighted by molar-refractivity contribution is 6.09. The molecule has 0 amide bonds. The fourth-order valence-electron chi connectivity index (χ4n) is 6.07. The van der Waals surface area contributed by atoms with Crippen LogP contribution in [0.15, 0.2) is 114 Å². The van der Waals surface area contributed by atoms with E-state index >= 15 is 0 Å². The minimum atomic E-state index is 0.653. The molecule has 0 atom stereocenters. The second-order valence-corrected chi connectivity index (χ2v) is 11.4. The van der Waals surface area contributed by atoms with E-state index in [1.807, 2.05) is 24.3 Å². The van der Waals surface area contributed by atoms with Crippen LogP contribution in [0.4, 0.5) is 0 Å². The maximum Gasteiger partial charge on any atom is 0.227 e. The normalized spacial score (nSPS) is 11.7. The van der Waals surface area contributed by atoms with Gasteiger partial charge in [0.25, 0.3) is 0 Å². The molecule has 0 spiro atoms. The Morgan fingerprint density at radius 1 is 0.595 bits per heavy atom. The quantitative estimate of drug-likeness (QED) is 0.180. The van der Waals surface area contributed by atoms with Gasteiger partial charge >= 0.3 is 0 Å². The Morgan fingerprint density at radius 3 is 1.71 bits per heavy atom. The highest BCUT2D eigenvalue weighted by Gasteiger charge is 2.14. The summed E-state index contributed by atoms with van der Waals surface area (Å²) in [5.74, 6) is 0.653. The third-order valence-corrected chi connectivity index (χ3v) is 8.42. The van der Waals surface area contributed by atoms with Crippen LogP contribution < -0.4 is 0 Å². The minimum absolute atomic E-state index is 0.653. The molecule has 0 saturated carbocycles. The Hall–Kier alpha value is -4.63. The van der Waals surface area contributed by atoms with Gasteiger partial charge in [0, 0.05) is 22.0 Å². The lowest BCUT2D eigenvalue weighted by atomic mass is 10.0. The third-order valence-electron chi connectivity index (χ3n) is 8.42. The molecule has 2 aromatic heterocycles. The average molecular weight is 549 g/mol. The molecule has 208 valence electrons. The zero-order valence-corrected chi connectivity index (χ0v) is 24.4. The monoisotopic (exact) mass is 548 g/mol. The number of para-hydroxylation sites is 2. The van der Waals surface area contributed by atoms with E-state index in [9.17, 15) is 0 Å². The van der Waals surface area contributed by atoms with Crippen molar-refractivity contribution in [3.8, 4) is 28.3 Å². The lowest BCUT2D eigenvalue weighted by molar-refractivity contribution is 0.620. The van der Waals surface area contributed by atoms with Gasteiger partial charge in [-0.05, 0) is 109 Å². The second-order valence-electron chi connectivity index (χ2n) is 11.4. The first-order valence-electron chi connectivity index (χ1n) is 15.3. The van der Waals surface area contributed by atoms with Crippen molar-refractivity contribution in [3.05, 3.63) is 120 Å². The SMILES string of the molecule is CCCCc1ccc2c(c1)c1cc(CCCC)ccc1n2-c1ccc(-c2ccc(-c3nc4ccccc4o3)cc2)cc1. The van der Waals surface area contributed by atoms with E-state index in [1.165, 1.54) is 75.4 Å². The van der Waals surface area contributed by atoms with Crippen molar-refractivity contribution in [2.24, 2.45) is 0 Å². The molecule has 3 nitrogen and oxygen atoms in total. The summed E-state index contributed by atoms with van der Waals surface area (Å²) in [6.07, 6.45) is 7.15. The number of hydrogen-bond donors (Lipinski definition) is 0. The zero-order valence-electron chi connectivity index (χ0n) is 24.4. The molecule has 7 rings (SSSR count). The van der Waals surface area contributed by atoms with Crippen LogP contribution in [-0.4, -0.2) is 9.55 Å². The molecule has 0 bridgehead atoms. The molecule has 3 heteroatoms. The lowest BCUT2D eigenvalue weighted by Gasteiger charge is -2.10. The molecular weight excluding hydrogens is 512 g/mol. The Labute approximate surface area is 247 Å². The largest absolute Gasteiger partial charge is 0.436 e. The Balaban J connectivity index is 1.24. The molecule has 5 aromatic carbocycles. The number of unbranched alkanes of at least 4 members (excludes halogenated alkanes) is 2. The molecule has 0 N–H and O–H groups in total. The van der Waals surface area contributed by atoms with Crippen LogP contribution in [0.5, 0.6) is 0 Å². The summed E-state index contributed by atoms with van der Waals surface area (Å²) < 4.78 is 8.39. The molecule has 0 saturated heterocycles. The van der Waals surface area contributed by atoms with E-state index in [4.69, 9.17) is 4.42 Å². The van der Waals surface area contributed by atoms with Crippen molar-refractivity contribution in [2.45, 2.75) is 52.4 Å². The van der Waals surface area contributed by atoms with E-state index in [2.05, 4.69) is 108 Å². The van der Waals surface area contributed by atoms with Gasteiger partial charge in [-0.15, -0.1) is 0 Å². The molecule has 0 unspecified atom stereocenters. The van der Waals surface area contributed by atoms with Crippen LogP contribution in [-0.2, 0) is 12.8 Å². The van der Waals surface area contributed by atoms with Crippen LogP contribution in [0.1, 0.15) is 50.7 Å². The van der Waals surface area contributed by atoms with Crippen LogP contribution in [0, 0.1) is 0 Å². The predicted octanol–water partition coefficient (Wildman–Crippen LogP) is 10.9. The van der Waals surface area contributed by atoms with Gasteiger partial charge in [0.05, 0.1) is 11.0 Å². The van der Waals surface area contributed by atoms with Gasteiger partial charge in [0.1, 0.15) is 5.52 Å². The number of oxazole rings is 1. The summed E-state index contributed by atoms with van der Waals surface area (Å²) in [6.45, 7) is 4.53. The Bertz CT molecular complexity index is 1890. The lowest BCUT2D eigenvalue weighted by Crippen LogP contribution is -1.94. The highest BCUT2D eigenvalue weighted by Crippen LogP contribution is 2.35. The van der Waals surface area contributed by atoms with E-state index in [1.54, 1.807) is 0 Å². The molecule has 0 aliphatic heterocycles. The van der Waals surface area contributed by atoms with Crippen molar-refractivity contribution in [1.82, 2.24) is 9.55 Å². The average Bonchev–Trinajstić information content (AvgIpc) is 3.62. The Morgan fingerprint density at radius 2 is 1.14 bits per heavy atom. The van der Waals surface area contributed by atoms with Gasteiger partial charge < -0.3 is 8.98 Å². The molecule has 0 fully saturated rings. The predicted molar refractivity (Wildman–Crippen MR) is 176 cm³/mol. The van der Waals surface area contributed by atoms with E-state index in [-0.39, 0.29) is 0 Å². The highest BCUT2D eigenvalue weighted by atomic mass is 16.3. The number of hydrogen-bond acceptors (Lipinski definition) is 2. The summed E-state index contributed by atoms with van der Waals surface area (Å²) in [4.78, 5) is 4.65. The van der Waals surface area contributed by atoms with Gasteiger partial charge in [-0.25, -0.2) is 4.98 Å². The molecule has 42 heavy (non-hydrogen) atoms. The van der Waals surface area contributed by atoms with Crippen molar-refractivity contribution in [2.75, 3.05) is 0 Å². The maximum absolute atomic E-state index is 5.97. The number of nitrogens with zero attached hydrogens (tertiary/aromatic N) is 2. The van der Waals surface area contributed by atoms with Gasteiger partial charge in [-0.2, -0.15) is 0 Å². The first-order valence-corrected chi connectivity index (χ1v) is 15.3. The first-order chi connectivity index (χ1) is 20.7. The maximum atomic E-state index is 5.97. The van der Waals surface area contributed by atoms with Gasteiger partial charge in [-0.1, -0.05) is 75.2 Å². The standard InChI is InChI=1S/C39H36N2O/c1-3-5-9-27-13-23-36-33(25-27)34-26-28(10-6-4-2)14-24-37(34)41(36)32-21-19-30(20-22-32)29-15-17-31(18-16-29)39-40-35-11-7-8-12-38(35)42-39/h7-8,11-26H,3-6,9-10H2,1-2H3. The van der Waals surface area contributed by atoms with Crippen LogP contribution in [0.3, 0.4) is 0 Å². The molecule has 0 aliphatic carbocycles. The zero-order chi connectivity index (χ0) is 28.5. The van der Waals surface area contributed by atoms with Gasteiger partial charge in [0.15, 0.2) is 5.58 Å². The summed E-state index contributed by atoms with van der Waals surface area (Å²) in [7, 11) is 0. The first kappa shape index (κ1) is 26.3. The number of benzene rings is 5. The number of fused-ring (bicyclic) bond motifs is 4. The molecule has 7 aromatic rings. The molecule has 0 radical (unpaired) electrons. The van der Waals surface area contributed by atoms with Crippen LogP contribution in [0.2, 0.25) is 0 Å². The van der Waals surface area contributed by atoms with E-state index in [0.717, 1.165) is 29.5 Å². The van der Waals surface area contributed by atoms with Gasteiger partial charge in [-0.3, -0.25) is 0 Å². The van der Waals surface area contributed by atoms with Crippen molar-refractivity contribution >= 4 is 32.9 Å². The molecular formula is C39H36N2O. The fraction of sp³-hybridized carbons (Fsp3) is 0.205. The topological polar surface area (TPSA) is 31.0 Å². The second kappa shape index (κ2) is 11.3. The van der Waals surface area contributed by atoms with E-state index in [0.29, 0.717) is 5.89 Å². The molecule has 0 aliphatic rings. The van der Waals surface area contributed by atoms with Gasteiger partial charge in [0.2, 0.25) is 5.89 Å². The fourth-order valence-corrected chi connectivity index (χ4v) is 6.07. The summed E-state index contributed by atoms with van der Waals surface area (Å²) in [5.41, 5.74) is 11.6. The Kier molecular flexibility index (Phi) is 7.09. The molecule has 2 heterocycles. The van der Waals surface area contributed by atoms with Crippen molar-refractivity contribution in [3.63, 3.8) is 0 Å². The number of aryl methyl sites for hydroxylation is 2. The number of rotatable bonds is 9. The smallest absolute Gasteiger partial charge is 0.227 e. The van der Waals surface area contributed by atoms with Crippen molar-refractivity contribution < 1.29 is 4.42 Å². The van der Waals surface area contributed by atoms with Crippen LogP contribution >= 0.6 is 0 Å². The van der Waals surface area contributed by atoms with Crippen LogP contribution in [0.25, 0.3) is 61.2 Å². The van der Waals surface area contributed by atoms with Crippen molar-refractivity contribution in [1.29, 1.82) is 0 Å². The minimum Gasteiger partial charge on any atom is -0.436 e. The third kappa shape index (κ3) is 4.90. The summed E-state index contributed by atoms with van der Waals surface area (Å²) in [5, 5.41) is 2.71.